The van der Waals surface area contributed by atoms with Gasteiger partial charge in [-0.1, -0.05) is 23.8 Å². The van der Waals surface area contributed by atoms with E-state index in [1.54, 1.807) is 0 Å². The van der Waals surface area contributed by atoms with Crippen LogP contribution in [0.4, 0.5) is 0 Å². The fraction of sp³-hybridized carbons (Fsp3) is 0.826. The van der Waals surface area contributed by atoms with Crippen molar-refractivity contribution < 1.29 is 18.9 Å². The summed E-state index contributed by atoms with van der Waals surface area (Å²) in [5.41, 5.74) is 1.52. The molecule has 0 aromatic carbocycles. The first kappa shape index (κ1) is 22.3. The lowest BCUT2D eigenvalue weighted by atomic mass is 9.79. The number of halogens is 1. The Labute approximate surface area is 175 Å². The van der Waals surface area contributed by atoms with Crippen molar-refractivity contribution in [3.05, 3.63) is 23.8 Å². The summed E-state index contributed by atoms with van der Waals surface area (Å²) in [5, 5.41) is 0. The van der Waals surface area contributed by atoms with Crippen LogP contribution in [0, 0.1) is 17.8 Å². The molecular formula is C23H37ClO4. The van der Waals surface area contributed by atoms with Gasteiger partial charge in [0.15, 0.2) is 6.29 Å². The molecule has 2 aliphatic carbocycles. The van der Waals surface area contributed by atoms with Crippen molar-refractivity contribution in [3.8, 4) is 0 Å². The van der Waals surface area contributed by atoms with Gasteiger partial charge in [0.05, 0.1) is 38.6 Å². The summed E-state index contributed by atoms with van der Waals surface area (Å²) >= 11 is 5.54. The highest BCUT2D eigenvalue weighted by molar-refractivity contribution is 6.25. The predicted octanol–water partition coefficient (Wildman–Crippen LogP) is 5.45. The normalized spacial score (nSPS) is 37.6. The summed E-state index contributed by atoms with van der Waals surface area (Å²) in [6.07, 6.45) is 16.0. The molecule has 2 saturated carbocycles. The maximum Gasteiger partial charge on any atom is 0.160 e. The van der Waals surface area contributed by atoms with Crippen LogP contribution < -0.4 is 0 Å². The van der Waals surface area contributed by atoms with Gasteiger partial charge in [-0.2, -0.15) is 0 Å². The van der Waals surface area contributed by atoms with Gasteiger partial charge in [-0.15, -0.1) is 0 Å². The zero-order valence-electron chi connectivity index (χ0n) is 17.3. The van der Waals surface area contributed by atoms with Crippen molar-refractivity contribution in [3.63, 3.8) is 0 Å². The molecule has 3 aliphatic rings. The molecule has 1 heterocycles. The molecular weight excluding hydrogens is 376 g/mol. The van der Waals surface area contributed by atoms with E-state index in [2.05, 4.69) is 12.2 Å². The van der Waals surface area contributed by atoms with Crippen LogP contribution in [0.3, 0.4) is 0 Å². The Hall–Kier alpha value is -0.390. The minimum Gasteiger partial charge on any atom is -0.374 e. The summed E-state index contributed by atoms with van der Waals surface area (Å²) < 4.78 is 24.1. The van der Waals surface area contributed by atoms with Crippen molar-refractivity contribution >= 4 is 11.6 Å². The molecule has 0 amide bonds. The van der Waals surface area contributed by atoms with Crippen LogP contribution in [0.2, 0.25) is 0 Å². The smallest absolute Gasteiger partial charge is 0.160 e. The van der Waals surface area contributed by atoms with Gasteiger partial charge in [0.1, 0.15) is 0 Å². The number of hydrogen-bond donors (Lipinski definition) is 0. The number of allylic oxidation sites excluding steroid dienone is 1. The van der Waals surface area contributed by atoms with Gasteiger partial charge in [-0.3, -0.25) is 0 Å². The quantitative estimate of drug-likeness (QED) is 0.496. The van der Waals surface area contributed by atoms with Crippen molar-refractivity contribution in [1.82, 2.24) is 0 Å². The Kier molecular flexibility index (Phi) is 9.83. The van der Waals surface area contributed by atoms with Crippen molar-refractivity contribution in [1.29, 1.82) is 0 Å². The topological polar surface area (TPSA) is 36.9 Å². The molecule has 3 rings (SSSR count). The number of rotatable bonds is 8. The minimum absolute atomic E-state index is 0.0135. The average molecular weight is 413 g/mol. The molecule has 0 aromatic rings. The molecule has 0 radical (unpaired) electrons. The first-order valence-corrected chi connectivity index (χ1v) is 11.6. The molecule has 0 aromatic heterocycles. The van der Waals surface area contributed by atoms with Crippen molar-refractivity contribution in [2.24, 2.45) is 17.8 Å². The van der Waals surface area contributed by atoms with E-state index >= 15 is 0 Å². The fourth-order valence-corrected chi connectivity index (χ4v) is 4.92. The fourth-order valence-electron chi connectivity index (χ4n) is 4.85. The van der Waals surface area contributed by atoms with Gasteiger partial charge < -0.3 is 18.9 Å². The highest BCUT2D eigenvalue weighted by atomic mass is 35.5. The second-order valence-corrected chi connectivity index (χ2v) is 8.72. The molecule has 1 aliphatic heterocycles. The molecule has 0 spiro atoms. The van der Waals surface area contributed by atoms with Crippen LogP contribution in [-0.4, -0.2) is 44.9 Å². The molecule has 0 N–H and O–H groups in total. The first-order chi connectivity index (χ1) is 13.8. The molecule has 28 heavy (non-hydrogen) atoms. The van der Waals surface area contributed by atoms with E-state index in [4.69, 9.17) is 30.5 Å². The van der Waals surface area contributed by atoms with E-state index < -0.39 is 0 Å². The van der Waals surface area contributed by atoms with Gasteiger partial charge >= 0.3 is 0 Å². The van der Waals surface area contributed by atoms with Crippen molar-refractivity contribution in [2.75, 3.05) is 26.4 Å². The Morgan fingerprint density at radius 2 is 1.29 bits per heavy atom. The maximum absolute atomic E-state index is 6.19. The predicted molar refractivity (Wildman–Crippen MR) is 112 cm³/mol. The summed E-state index contributed by atoms with van der Waals surface area (Å²) in [6, 6.07) is 0. The van der Waals surface area contributed by atoms with Crippen LogP contribution in [0.5, 0.6) is 0 Å². The van der Waals surface area contributed by atoms with E-state index in [0.717, 1.165) is 51.4 Å². The monoisotopic (exact) mass is 412 g/mol. The zero-order valence-corrected chi connectivity index (χ0v) is 18.0. The van der Waals surface area contributed by atoms with Crippen LogP contribution in [-0.2, 0) is 18.9 Å². The van der Waals surface area contributed by atoms with Crippen molar-refractivity contribution in [2.45, 2.75) is 76.8 Å². The van der Waals surface area contributed by atoms with Gasteiger partial charge in [0.2, 0.25) is 0 Å². The van der Waals surface area contributed by atoms with Gasteiger partial charge in [0.25, 0.3) is 0 Å². The van der Waals surface area contributed by atoms with E-state index in [1.165, 1.54) is 31.2 Å². The standard InChI is InChI=1S/C23H37ClO4/c1-2-3-14-25-21-9-5-18(6-10-21)20-16-27-23(28-17-20)19-7-11-22(12-8-19)26-15-4-13-24/h2-4,13,18-23H,5-12,14-17H2,1H3/b3-2+,13-4+/t18-,19-,20-,21-,22-,23-. The Balaban J connectivity index is 1.31. The molecule has 4 nitrogen and oxygen atoms in total. The molecule has 5 heteroatoms. The van der Waals surface area contributed by atoms with Gasteiger partial charge in [-0.05, 0) is 70.3 Å². The minimum atomic E-state index is -0.0135. The third kappa shape index (κ3) is 6.84. The molecule has 160 valence electrons. The summed E-state index contributed by atoms with van der Waals surface area (Å²) in [6.45, 7) is 5.11. The van der Waals surface area contributed by atoms with E-state index in [-0.39, 0.29) is 6.29 Å². The number of hydrogen-bond acceptors (Lipinski definition) is 4. The highest BCUT2D eigenvalue weighted by Gasteiger charge is 2.36. The van der Waals surface area contributed by atoms with Crippen LogP contribution in [0.25, 0.3) is 0 Å². The molecule has 1 saturated heterocycles. The summed E-state index contributed by atoms with van der Waals surface area (Å²) in [4.78, 5) is 0. The van der Waals surface area contributed by atoms with E-state index in [1.807, 2.05) is 13.0 Å². The van der Waals surface area contributed by atoms with Gasteiger partial charge in [0, 0.05) is 17.4 Å². The SMILES string of the molecule is C/C=C/CO[C@H]1CC[C@H]([C@H]2CO[C@H]([C@H]3CC[C@H](OC/C=C/Cl)CC3)OC2)CC1. The zero-order chi connectivity index (χ0) is 19.6. The largest absolute Gasteiger partial charge is 0.374 e. The molecule has 0 atom stereocenters. The molecule has 0 unspecified atom stereocenters. The van der Waals surface area contributed by atoms with E-state index in [0.29, 0.717) is 30.7 Å². The maximum atomic E-state index is 6.19. The molecule has 3 fully saturated rings. The second-order valence-electron chi connectivity index (χ2n) is 8.47. The van der Waals surface area contributed by atoms with E-state index in [9.17, 15) is 0 Å². The van der Waals surface area contributed by atoms with Crippen LogP contribution in [0.15, 0.2) is 23.8 Å². The summed E-state index contributed by atoms with van der Waals surface area (Å²) in [7, 11) is 0. The van der Waals surface area contributed by atoms with Gasteiger partial charge in [-0.25, -0.2) is 0 Å². The Bertz CT molecular complexity index is 427. The van der Waals surface area contributed by atoms with Crippen LogP contribution in [0.1, 0.15) is 58.3 Å². The Morgan fingerprint density at radius 1 is 0.750 bits per heavy atom. The summed E-state index contributed by atoms with van der Waals surface area (Å²) in [5.74, 6) is 1.79. The lowest BCUT2D eigenvalue weighted by Gasteiger charge is -2.41. The van der Waals surface area contributed by atoms with Crippen LogP contribution >= 0.6 is 11.6 Å². The highest BCUT2D eigenvalue weighted by Crippen LogP contribution is 2.37. The lowest BCUT2D eigenvalue weighted by Crippen LogP contribution is -2.42. The number of ether oxygens (including phenoxy) is 4. The first-order valence-electron chi connectivity index (χ1n) is 11.1. The second kappa shape index (κ2) is 12.3. The third-order valence-corrected chi connectivity index (χ3v) is 6.80. The average Bonchev–Trinajstić information content (AvgIpc) is 2.75. The molecule has 0 bridgehead atoms. The third-order valence-electron chi connectivity index (χ3n) is 6.62. The lowest BCUT2D eigenvalue weighted by molar-refractivity contribution is -0.238. The Morgan fingerprint density at radius 3 is 1.82 bits per heavy atom.